The summed E-state index contributed by atoms with van der Waals surface area (Å²) in [4.78, 5) is 0. The molecule has 6 atom stereocenters. The van der Waals surface area contributed by atoms with Crippen LogP contribution in [0.4, 0.5) is 0 Å². The lowest BCUT2D eigenvalue weighted by molar-refractivity contribution is -0.280. The Kier molecular flexibility index (Phi) is 4.47. The number of rotatable bonds is 2. The van der Waals surface area contributed by atoms with E-state index in [1.165, 1.54) is 18.4 Å². The van der Waals surface area contributed by atoms with Crippen molar-refractivity contribution < 1.29 is 9.84 Å². The number of allylic oxidation sites excluding steroid dienone is 1. The first-order valence-corrected chi connectivity index (χ1v) is 10.2. The van der Waals surface area contributed by atoms with Gasteiger partial charge in [0, 0.05) is 0 Å². The smallest absolute Gasteiger partial charge is 0.0962 e. The van der Waals surface area contributed by atoms with Crippen LogP contribution in [0.15, 0.2) is 12.2 Å². The lowest BCUT2D eigenvalue weighted by Crippen LogP contribution is -2.64. The molecule has 2 saturated carbocycles. The van der Waals surface area contributed by atoms with E-state index in [1.54, 1.807) is 0 Å². The highest BCUT2D eigenvalue weighted by molar-refractivity contribution is 6.18. The van der Waals surface area contributed by atoms with Gasteiger partial charge in [-0.15, -0.1) is 11.6 Å². The van der Waals surface area contributed by atoms with E-state index < -0.39 is 11.7 Å². The maximum absolute atomic E-state index is 10.4. The summed E-state index contributed by atoms with van der Waals surface area (Å²) in [5, 5.41) is 10.4. The van der Waals surface area contributed by atoms with Crippen molar-refractivity contribution in [1.29, 1.82) is 0 Å². The zero-order valence-electron chi connectivity index (χ0n) is 16.1. The van der Waals surface area contributed by atoms with Crippen molar-refractivity contribution in [3.8, 4) is 0 Å². The van der Waals surface area contributed by atoms with Gasteiger partial charge in [0.25, 0.3) is 0 Å². The van der Waals surface area contributed by atoms with Crippen molar-refractivity contribution in [2.45, 2.75) is 90.4 Å². The Balaban J connectivity index is 1.92. The maximum Gasteiger partial charge on any atom is 0.0962 e. The van der Waals surface area contributed by atoms with Crippen molar-refractivity contribution >= 4 is 11.6 Å². The van der Waals surface area contributed by atoms with Crippen LogP contribution in [0.25, 0.3) is 0 Å². The third-order valence-electron chi connectivity index (χ3n) is 8.25. The number of aliphatic hydroxyl groups excluding tert-OH is 1. The molecule has 6 unspecified atom stereocenters. The predicted molar refractivity (Wildman–Crippen MR) is 100 cm³/mol. The topological polar surface area (TPSA) is 29.5 Å². The largest absolute Gasteiger partial charge is 0.389 e. The molecule has 0 aromatic carbocycles. The van der Waals surface area contributed by atoms with E-state index >= 15 is 0 Å². The number of alkyl halides is 1. The SMILES string of the molecule is C=C1CCC2(C)C3CCC(C)(C(O)CCl)OC3(C)CCC2C1(C)C. The summed E-state index contributed by atoms with van der Waals surface area (Å²) in [5.74, 6) is 1.46. The quantitative estimate of drug-likeness (QED) is 0.537. The fourth-order valence-electron chi connectivity index (χ4n) is 6.57. The van der Waals surface area contributed by atoms with Gasteiger partial charge in [-0.2, -0.15) is 0 Å². The molecular formula is C21H35ClO2. The number of ether oxygens (including phenoxy) is 1. The lowest BCUT2D eigenvalue weighted by atomic mass is 9.43. The molecule has 0 bridgehead atoms. The third-order valence-corrected chi connectivity index (χ3v) is 8.55. The molecule has 1 heterocycles. The van der Waals surface area contributed by atoms with Crippen LogP contribution in [0.5, 0.6) is 0 Å². The Bertz CT molecular complexity index is 530. The molecule has 3 heteroatoms. The minimum Gasteiger partial charge on any atom is -0.389 e. The fourth-order valence-corrected chi connectivity index (χ4v) is 6.89. The van der Waals surface area contributed by atoms with Gasteiger partial charge >= 0.3 is 0 Å². The van der Waals surface area contributed by atoms with Gasteiger partial charge in [-0.25, -0.2) is 0 Å². The van der Waals surface area contributed by atoms with Crippen LogP contribution in [-0.4, -0.2) is 28.3 Å². The van der Waals surface area contributed by atoms with Gasteiger partial charge in [0.15, 0.2) is 0 Å². The van der Waals surface area contributed by atoms with Gasteiger partial charge in [0.05, 0.1) is 23.2 Å². The number of hydrogen-bond donors (Lipinski definition) is 1. The summed E-state index contributed by atoms with van der Waals surface area (Å²) < 4.78 is 6.67. The molecule has 0 aromatic heterocycles. The first kappa shape index (κ1) is 18.7. The van der Waals surface area contributed by atoms with Crippen LogP contribution < -0.4 is 0 Å². The Morgan fingerprint density at radius 1 is 1.12 bits per heavy atom. The van der Waals surface area contributed by atoms with Gasteiger partial charge < -0.3 is 9.84 Å². The predicted octanol–water partition coefficient (Wildman–Crippen LogP) is 5.32. The van der Waals surface area contributed by atoms with E-state index in [1.807, 2.05) is 6.92 Å². The van der Waals surface area contributed by atoms with E-state index in [4.69, 9.17) is 16.3 Å². The van der Waals surface area contributed by atoms with Gasteiger partial charge in [-0.1, -0.05) is 32.9 Å². The highest BCUT2D eigenvalue weighted by Crippen LogP contribution is 2.66. The van der Waals surface area contributed by atoms with Crippen LogP contribution in [-0.2, 0) is 4.74 Å². The average Bonchev–Trinajstić information content (AvgIpc) is 2.49. The Labute approximate surface area is 153 Å². The monoisotopic (exact) mass is 354 g/mol. The molecule has 3 aliphatic rings. The van der Waals surface area contributed by atoms with Gasteiger partial charge in [-0.05, 0) is 75.0 Å². The minimum atomic E-state index is -0.593. The summed E-state index contributed by atoms with van der Waals surface area (Å²) >= 11 is 5.95. The first-order valence-electron chi connectivity index (χ1n) is 9.62. The Morgan fingerprint density at radius 2 is 1.75 bits per heavy atom. The molecule has 3 rings (SSSR count). The van der Waals surface area contributed by atoms with E-state index in [0.29, 0.717) is 17.3 Å². The van der Waals surface area contributed by atoms with Crippen molar-refractivity contribution in [2.75, 3.05) is 5.88 Å². The second-order valence-corrected chi connectivity index (χ2v) is 10.2. The average molecular weight is 355 g/mol. The van der Waals surface area contributed by atoms with Crippen LogP contribution in [0, 0.1) is 22.7 Å². The molecule has 0 spiro atoms. The van der Waals surface area contributed by atoms with E-state index in [-0.39, 0.29) is 16.9 Å². The van der Waals surface area contributed by atoms with Crippen molar-refractivity contribution in [1.82, 2.24) is 0 Å². The summed E-state index contributed by atoms with van der Waals surface area (Å²) in [6.07, 6.45) is 6.03. The van der Waals surface area contributed by atoms with Gasteiger partial charge in [-0.3, -0.25) is 0 Å². The molecule has 1 aliphatic heterocycles. The molecule has 3 fully saturated rings. The first-order chi connectivity index (χ1) is 11.0. The third kappa shape index (κ3) is 2.51. The normalized spacial score (nSPS) is 49.2. The molecule has 2 aliphatic carbocycles. The zero-order chi connectivity index (χ0) is 18.0. The number of hydrogen-bond acceptors (Lipinski definition) is 2. The summed E-state index contributed by atoms with van der Waals surface area (Å²) in [6.45, 7) is 16.0. The highest BCUT2D eigenvalue weighted by Gasteiger charge is 2.62. The maximum atomic E-state index is 10.4. The standard InChI is InChI=1S/C21H35ClO2/c1-14-7-10-19(4)15(18(14,2)3)8-11-20(5)16(19)9-12-21(6,24-20)17(23)13-22/h15-17,23H,1,7-13H2,2-6H3. The van der Waals surface area contributed by atoms with E-state index in [9.17, 15) is 5.11 Å². The summed E-state index contributed by atoms with van der Waals surface area (Å²) in [7, 11) is 0. The minimum absolute atomic E-state index is 0.153. The number of aliphatic hydroxyl groups is 1. The highest BCUT2D eigenvalue weighted by atomic mass is 35.5. The number of halogens is 1. The van der Waals surface area contributed by atoms with Gasteiger partial charge in [0.1, 0.15) is 0 Å². The van der Waals surface area contributed by atoms with Crippen LogP contribution in [0.3, 0.4) is 0 Å². The van der Waals surface area contributed by atoms with E-state index in [0.717, 1.165) is 25.7 Å². The zero-order valence-corrected chi connectivity index (χ0v) is 16.9. The molecule has 0 aromatic rings. The number of fused-ring (bicyclic) bond motifs is 3. The second-order valence-electron chi connectivity index (χ2n) is 9.91. The van der Waals surface area contributed by atoms with Crippen molar-refractivity contribution in [3.63, 3.8) is 0 Å². The molecule has 138 valence electrons. The van der Waals surface area contributed by atoms with Crippen molar-refractivity contribution in [3.05, 3.63) is 12.2 Å². The van der Waals surface area contributed by atoms with Crippen molar-refractivity contribution in [2.24, 2.45) is 22.7 Å². The summed E-state index contributed by atoms with van der Waals surface area (Å²) in [6, 6.07) is 0. The lowest BCUT2D eigenvalue weighted by Gasteiger charge is -2.66. The molecule has 0 amide bonds. The van der Waals surface area contributed by atoms with Crippen LogP contribution >= 0.6 is 11.6 Å². The van der Waals surface area contributed by atoms with Crippen LogP contribution in [0.2, 0.25) is 0 Å². The Hall–Kier alpha value is -0.0500. The molecule has 1 N–H and O–H groups in total. The van der Waals surface area contributed by atoms with Gasteiger partial charge in [0.2, 0.25) is 0 Å². The fraction of sp³-hybridized carbons (Fsp3) is 0.905. The van der Waals surface area contributed by atoms with E-state index in [2.05, 4.69) is 34.3 Å². The molecule has 2 nitrogen and oxygen atoms in total. The molecular weight excluding hydrogens is 320 g/mol. The van der Waals surface area contributed by atoms with Crippen LogP contribution in [0.1, 0.15) is 73.1 Å². The Morgan fingerprint density at radius 3 is 2.38 bits per heavy atom. The summed E-state index contributed by atoms with van der Waals surface area (Å²) in [5.41, 5.74) is 1.27. The molecule has 24 heavy (non-hydrogen) atoms. The second kappa shape index (κ2) is 5.72. The molecule has 0 radical (unpaired) electrons. The molecule has 1 saturated heterocycles.